The van der Waals surface area contributed by atoms with Gasteiger partial charge < -0.3 is 5.11 Å². The number of thioether (sulfide) groups is 1. The van der Waals surface area contributed by atoms with Crippen LogP contribution in [0.3, 0.4) is 0 Å². The van der Waals surface area contributed by atoms with Crippen LogP contribution in [0.25, 0.3) is 0 Å². The Morgan fingerprint density at radius 2 is 1.09 bits per heavy atom. The second-order valence-corrected chi connectivity index (χ2v) is 7.58. The first-order valence-electron chi connectivity index (χ1n) is 9.57. The van der Waals surface area contributed by atoms with E-state index in [0.717, 1.165) is 12.8 Å². The second kappa shape index (κ2) is 22.8. The molecule has 2 nitrogen and oxygen atoms in total. The summed E-state index contributed by atoms with van der Waals surface area (Å²) in [7, 11) is 0. The molecule has 23 heavy (non-hydrogen) atoms. The van der Waals surface area contributed by atoms with Crippen molar-refractivity contribution < 1.29 is 9.90 Å². The van der Waals surface area contributed by atoms with Crippen LogP contribution in [0.5, 0.6) is 0 Å². The first-order chi connectivity index (χ1) is 10.8. The monoisotopic (exact) mass is 353 g/mol. The van der Waals surface area contributed by atoms with Crippen LogP contribution in [-0.2, 0) is 4.79 Å². The van der Waals surface area contributed by atoms with E-state index in [4.69, 9.17) is 5.11 Å². The normalized spacial score (nSPS) is 10.5. The summed E-state index contributed by atoms with van der Waals surface area (Å²) in [5, 5.41) is 8.54. The van der Waals surface area contributed by atoms with Crippen LogP contribution >= 0.6 is 11.8 Å². The molecule has 0 saturated carbocycles. The van der Waals surface area contributed by atoms with Crippen LogP contribution in [0.2, 0.25) is 0 Å². The number of aliphatic carboxylic acids is 1. The van der Waals surface area contributed by atoms with Gasteiger partial charge in [-0.25, -0.2) is 0 Å². The Morgan fingerprint density at radius 1 is 0.696 bits per heavy atom. The van der Waals surface area contributed by atoms with Crippen LogP contribution in [0.15, 0.2) is 0 Å². The number of carbonyl (C=O) groups is 1. The predicted molar refractivity (Wildman–Crippen MR) is 106 cm³/mol. The van der Waals surface area contributed by atoms with E-state index in [1.165, 1.54) is 88.6 Å². The summed E-state index contributed by atoms with van der Waals surface area (Å²) in [5.41, 5.74) is 0. The Labute approximate surface area is 171 Å². The molecule has 0 aliphatic rings. The zero-order valence-electron chi connectivity index (χ0n) is 15.8. The molecule has 0 amide bonds. The largest absolute Gasteiger partial charge is 0.481 e. The molecule has 0 aromatic carbocycles. The number of unbranched alkanes of at least 4 members (excludes halogenated alkanes) is 12. The summed E-state index contributed by atoms with van der Waals surface area (Å²) >= 11 is 2.14. The quantitative estimate of drug-likeness (QED) is 0.232. The van der Waals surface area contributed by atoms with Crippen molar-refractivity contribution in [1.82, 2.24) is 0 Å². The SMILES string of the molecule is CCCCCCCCSCCCCCCCCCCC(=O)O.[Na]. The molecule has 4 heteroatoms. The third-order valence-electron chi connectivity index (χ3n) is 4.07. The Morgan fingerprint density at radius 3 is 1.52 bits per heavy atom. The summed E-state index contributed by atoms with van der Waals surface area (Å²) in [6, 6.07) is 0. The van der Waals surface area contributed by atoms with Gasteiger partial charge in [-0.1, -0.05) is 77.6 Å². The average molecular weight is 354 g/mol. The van der Waals surface area contributed by atoms with Gasteiger partial charge in [-0.3, -0.25) is 4.79 Å². The molecule has 0 aromatic rings. The molecule has 1 radical (unpaired) electrons. The van der Waals surface area contributed by atoms with Gasteiger partial charge in [0.1, 0.15) is 0 Å². The van der Waals surface area contributed by atoms with E-state index in [9.17, 15) is 4.79 Å². The molecule has 0 aliphatic carbocycles. The van der Waals surface area contributed by atoms with Gasteiger partial charge in [-0.15, -0.1) is 0 Å². The smallest absolute Gasteiger partial charge is 0.303 e. The Kier molecular flexibility index (Phi) is 25.8. The van der Waals surface area contributed by atoms with Crippen molar-refractivity contribution >= 4 is 47.3 Å². The molecule has 133 valence electrons. The molecule has 0 aromatic heterocycles. The molecular formula is C19H38NaO2S. The maximum absolute atomic E-state index is 10.4. The number of carboxylic acids is 1. The van der Waals surface area contributed by atoms with Crippen molar-refractivity contribution in [2.75, 3.05) is 11.5 Å². The molecule has 0 spiro atoms. The fraction of sp³-hybridized carbons (Fsp3) is 0.947. The molecule has 0 aliphatic heterocycles. The molecule has 0 bridgehead atoms. The van der Waals surface area contributed by atoms with E-state index in [1.807, 2.05) is 0 Å². The van der Waals surface area contributed by atoms with Gasteiger partial charge in [0.2, 0.25) is 0 Å². The van der Waals surface area contributed by atoms with Crippen LogP contribution < -0.4 is 0 Å². The van der Waals surface area contributed by atoms with Gasteiger partial charge in [0, 0.05) is 36.0 Å². The van der Waals surface area contributed by atoms with Crippen LogP contribution in [-0.4, -0.2) is 52.1 Å². The van der Waals surface area contributed by atoms with Crippen LogP contribution in [0, 0.1) is 0 Å². The number of carboxylic acid groups (broad SMARTS) is 1. The van der Waals surface area contributed by atoms with Crippen molar-refractivity contribution in [2.45, 2.75) is 103 Å². The number of hydrogen-bond donors (Lipinski definition) is 1. The Hall–Kier alpha value is 0.820. The zero-order chi connectivity index (χ0) is 16.3. The van der Waals surface area contributed by atoms with E-state index >= 15 is 0 Å². The predicted octanol–water partition coefficient (Wildman–Crippen LogP) is 6.29. The van der Waals surface area contributed by atoms with E-state index in [-0.39, 0.29) is 29.6 Å². The fourth-order valence-electron chi connectivity index (χ4n) is 2.63. The van der Waals surface area contributed by atoms with Gasteiger partial charge in [-0.05, 0) is 30.8 Å². The van der Waals surface area contributed by atoms with Gasteiger partial charge >= 0.3 is 5.97 Å². The number of rotatable bonds is 18. The fourth-order valence-corrected chi connectivity index (χ4v) is 3.65. The molecule has 0 heterocycles. The van der Waals surface area contributed by atoms with Crippen molar-refractivity contribution in [3.63, 3.8) is 0 Å². The summed E-state index contributed by atoms with van der Waals surface area (Å²) in [5.74, 6) is 2.04. The van der Waals surface area contributed by atoms with Gasteiger partial charge in [0.25, 0.3) is 0 Å². The standard InChI is InChI=1S/C19H38O2S.Na/c1-2-3-4-5-11-14-17-22-18-15-12-9-7-6-8-10-13-16-19(20)21;/h2-18H2,1H3,(H,20,21);. The van der Waals surface area contributed by atoms with E-state index in [1.54, 1.807) is 0 Å². The topological polar surface area (TPSA) is 37.3 Å². The van der Waals surface area contributed by atoms with Gasteiger partial charge in [-0.2, -0.15) is 11.8 Å². The molecule has 0 unspecified atom stereocenters. The van der Waals surface area contributed by atoms with Crippen LogP contribution in [0.4, 0.5) is 0 Å². The minimum atomic E-state index is -0.654. The Balaban J connectivity index is 0. The molecular weight excluding hydrogens is 315 g/mol. The third kappa shape index (κ3) is 25.2. The average Bonchev–Trinajstić information content (AvgIpc) is 2.50. The van der Waals surface area contributed by atoms with E-state index in [0.29, 0.717) is 6.42 Å². The molecule has 0 fully saturated rings. The maximum Gasteiger partial charge on any atom is 0.303 e. The van der Waals surface area contributed by atoms with Crippen molar-refractivity contribution in [3.05, 3.63) is 0 Å². The van der Waals surface area contributed by atoms with Crippen LogP contribution in [0.1, 0.15) is 103 Å². The summed E-state index contributed by atoms with van der Waals surface area (Å²) in [4.78, 5) is 10.4. The molecule has 0 saturated heterocycles. The van der Waals surface area contributed by atoms with E-state index in [2.05, 4.69) is 18.7 Å². The minimum Gasteiger partial charge on any atom is -0.481 e. The zero-order valence-corrected chi connectivity index (χ0v) is 18.6. The maximum atomic E-state index is 10.4. The molecule has 1 N–H and O–H groups in total. The van der Waals surface area contributed by atoms with Crippen molar-refractivity contribution in [3.8, 4) is 0 Å². The molecule has 0 rings (SSSR count). The van der Waals surface area contributed by atoms with Crippen molar-refractivity contribution in [1.29, 1.82) is 0 Å². The third-order valence-corrected chi connectivity index (χ3v) is 5.23. The minimum absolute atomic E-state index is 0. The van der Waals surface area contributed by atoms with E-state index < -0.39 is 5.97 Å². The van der Waals surface area contributed by atoms with Gasteiger partial charge in [0.15, 0.2) is 0 Å². The summed E-state index contributed by atoms with van der Waals surface area (Å²) in [6.07, 6.45) is 18.6. The molecule has 0 atom stereocenters. The van der Waals surface area contributed by atoms with Crippen molar-refractivity contribution in [2.24, 2.45) is 0 Å². The first kappa shape index (κ1) is 26.1. The Bertz CT molecular complexity index is 237. The van der Waals surface area contributed by atoms with Gasteiger partial charge in [0.05, 0.1) is 0 Å². The second-order valence-electron chi connectivity index (χ2n) is 6.35. The first-order valence-corrected chi connectivity index (χ1v) is 10.7. The summed E-state index contributed by atoms with van der Waals surface area (Å²) in [6.45, 7) is 2.27. The summed E-state index contributed by atoms with van der Waals surface area (Å²) < 4.78 is 0. The number of hydrogen-bond acceptors (Lipinski definition) is 2.